The second kappa shape index (κ2) is 7.24. The van der Waals surface area contributed by atoms with E-state index in [0.717, 1.165) is 44.4 Å². The van der Waals surface area contributed by atoms with Crippen molar-refractivity contribution in [2.45, 2.75) is 59.0 Å². The Balaban J connectivity index is 1.92. The van der Waals surface area contributed by atoms with E-state index in [1.54, 1.807) is 0 Å². The third-order valence-corrected chi connectivity index (χ3v) is 5.04. The molecule has 1 aliphatic carbocycles. The Morgan fingerprint density at radius 2 is 2.15 bits per heavy atom. The fourth-order valence-corrected chi connectivity index (χ4v) is 4.19. The van der Waals surface area contributed by atoms with Crippen molar-refractivity contribution < 1.29 is 5.11 Å². The van der Waals surface area contributed by atoms with E-state index in [-0.39, 0.29) is 6.10 Å². The van der Waals surface area contributed by atoms with E-state index in [2.05, 4.69) is 31.0 Å². The zero-order valence-corrected chi connectivity index (χ0v) is 13.7. The first-order chi connectivity index (χ1) is 9.49. The third kappa shape index (κ3) is 4.71. The molecule has 3 atom stereocenters. The van der Waals surface area contributed by atoms with Gasteiger partial charge < -0.3 is 15.3 Å². The van der Waals surface area contributed by atoms with E-state index < -0.39 is 0 Å². The van der Waals surface area contributed by atoms with Gasteiger partial charge in [-0.05, 0) is 43.1 Å². The summed E-state index contributed by atoms with van der Waals surface area (Å²) in [6, 6.07) is 0. The average Bonchev–Trinajstić information content (AvgIpc) is 2.73. The number of nitrogens with one attached hydrogen (secondary N) is 1. The summed E-state index contributed by atoms with van der Waals surface area (Å²) in [5.41, 5.74) is 0.441. The van der Waals surface area contributed by atoms with Gasteiger partial charge in [0.2, 0.25) is 0 Å². The van der Waals surface area contributed by atoms with Crippen molar-refractivity contribution in [1.82, 2.24) is 10.2 Å². The van der Waals surface area contributed by atoms with Crippen LogP contribution in [-0.4, -0.2) is 48.8 Å². The maximum Gasteiger partial charge on any atom is 0.0679 e. The van der Waals surface area contributed by atoms with Crippen LogP contribution in [0.1, 0.15) is 52.9 Å². The van der Waals surface area contributed by atoms with Crippen molar-refractivity contribution in [2.75, 3.05) is 32.7 Å². The van der Waals surface area contributed by atoms with Gasteiger partial charge in [0.1, 0.15) is 0 Å². The summed E-state index contributed by atoms with van der Waals surface area (Å²) in [4.78, 5) is 2.50. The van der Waals surface area contributed by atoms with Gasteiger partial charge in [-0.2, -0.15) is 0 Å². The van der Waals surface area contributed by atoms with Crippen molar-refractivity contribution in [3.63, 3.8) is 0 Å². The summed E-state index contributed by atoms with van der Waals surface area (Å²) in [6.45, 7) is 12.4. The van der Waals surface area contributed by atoms with E-state index in [1.165, 1.54) is 32.2 Å². The molecule has 0 spiro atoms. The van der Waals surface area contributed by atoms with Crippen molar-refractivity contribution in [3.05, 3.63) is 0 Å². The molecule has 20 heavy (non-hydrogen) atoms. The van der Waals surface area contributed by atoms with Gasteiger partial charge in [-0.15, -0.1) is 0 Å². The predicted molar refractivity (Wildman–Crippen MR) is 84.8 cm³/mol. The van der Waals surface area contributed by atoms with Crippen LogP contribution in [0.3, 0.4) is 0 Å². The predicted octanol–water partition coefficient (Wildman–Crippen LogP) is 2.50. The van der Waals surface area contributed by atoms with Crippen molar-refractivity contribution in [3.8, 4) is 0 Å². The van der Waals surface area contributed by atoms with Crippen molar-refractivity contribution in [1.29, 1.82) is 0 Å². The number of rotatable bonds is 6. The lowest BCUT2D eigenvalue weighted by Gasteiger charge is -2.43. The van der Waals surface area contributed by atoms with E-state index in [0.29, 0.717) is 5.41 Å². The number of nitrogens with zero attached hydrogens (tertiary/aromatic N) is 1. The Morgan fingerprint density at radius 3 is 2.75 bits per heavy atom. The van der Waals surface area contributed by atoms with Crippen LogP contribution in [0.2, 0.25) is 0 Å². The fraction of sp³-hybridized carbons (Fsp3) is 1.00. The molecule has 0 aromatic carbocycles. The van der Waals surface area contributed by atoms with Crippen LogP contribution in [0.25, 0.3) is 0 Å². The smallest absolute Gasteiger partial charge is 0.0679 e. The number of likely N-dealkylation sites (tertiary alicyclic amines) is 1. The molecule has 3 nitrogen and oxygen atoms in total. The number of β-amino-alcohol motifs (C(OH)–C–C–N with tert-alkyl or cyclic N) is 1. The zero-order valence-electron chi connectivity index (χ0n) is 13.7. The van der Waals surface area contributed by atoms with Gasteiger partial charge in [0, 0.05) is 26.2 Å². The average molecular weight is 282 g/mol. The Morgan fingerprint density at radius 1 is 1.35 bits per heavy atom. The zero-order chi connectivity index (χ0) is 14.6. The molecule has 3 unspecified atom stereocenters. The summed E-state index contributed by atoms with van der Waals surface area (Å²) in [6.07, 6.45) is 6.36. The summed E-state index contributed by atoms with van der Waals surface area (Å²) in [5, 5.41) is 13.5. The maximum atomic E-state index is 9.76. The van der Waals surface area contributed by atoms with Crippen LogP contribution in [0.4, 0.5) is 0 Å². The monoisotopic (exact) mass is 282 g/mol. The van der Waals surface area contributed by atoms with Crippen LogP contribution >= 0.6 is 0 Å². The highest BCUT2D eigenvalue weighted by Crippen LogP contribution is 2.40. The number of hydrogen-bond acceptors (Lipinski definition) is 3. The number of aliphatic hydroxyl groups is 1. The van der Waals surface area contributed by atoms with Crippen LogP contribution in [-0.2, 0) is 0 Å². The molecular formula is C17H34N2O. The molecule has 0 aromatic heterocycles. The normalized spacial score (nSPS) is 35.9. The highest BCUT2D eigenvalue weighted by atomic mass is 16.3. The molecule has 0 amide bonds. The first-order valence-electron chi connectivity index (χ1n) is 8.60. The molecule has 1 aliphatic heterocycles. The topological polar surface area (TPSA) is 35.5 Å². The Kier molecular flexibility index (Phi) is 5.88. The fourth-order valence-electron chi connectivity index (χ4n) is 4.19. The summed E-state index contributed by atoms with van der Waals surface area (Å²) in [7, 11) is 0. The lowest BCUT2D eigenvalue weighted by atomic mass is 9.69. The van der Waals surface area contributed by atoms with Crippen molar-refractivity contribution in [2.24, 2.45) is 17.3 Å². The highest BCUT2D eigenvalue weighted by Gasteiger charge is 2.37. The number of aliphatic hydroxyl groups excluding tert-OH is 1. The molecule has 0 aromatic rings. The minimum absolute atomic E-state index is 0.0864. The first kappa shape index (κ1) is 16.3. The Bertz CT molecular complexity index is 295. The van der Waals surface area contributed by atoms with Crippen molar-refractivity contribution >= 4 is 0 Å². The van der Waals surface area contributed by atoms with E-state index in [4.69, 9.17) is 0 Å². The second-order valence-electron chi connectivity index (χ2n) is 7.90. The van der Waals surface area contributed by atoms with Gasteiger partial charge in [-0.25, -0.2) is 0 Å². The largest absolute Gasteiger partial charge is 0.392 e. The molecule has 1 saturated carbocycles. The minimum Gasteiger partial charge on any atom is -0.392 e. The standard InChI is InChI=1S/C17H34N2O/c1-14(2)10-18-12-17(7-4-5-15(3)9-17)13-19-8-6-16(20)11-19/h14-16,18,20H,4-13H2,1-3H3. The lowest BCUT2D eigenvalue weighted by molar-refractivity contribution is 0.0821. The van der Waals surface area contributed by atoms with E-state index in [1.807, 2.05) is 0 Å². The Hall–Kier alpha value is -0.120. The van der Waals surface area contributed by atoms with E-state index >= 15 is 0 Å². The van der Waals surface area contributed by atoms with Crippen LogP contribution in [0, 0.1) is 17.3 Å². The van der Waals surface area contributed by atoms with Gasteiger partial charge in [0.15, 0.2) is 0 Å². The molecule has 1 heterocycles. The van der Waals surface area contributed by atoms with Crippen LogP contribution in [0.15, 0.2) is 0 Å². The molecule has 1 saturated heterocycles. The molecule has 3 heteroatoms. The molecule has 2 N–H and O–H groups in total. The summed E-state index contributed by atoms with van der Waals surface area (Å²) >= 11 is 0. The van der Waals surface area contributed by atoms with Crippen LogP contribution < -0.4 is 5.32 Å². The maximum absolute atomic E-state index is 9.76. The van der Waals surface area contributed by atoms with Gasteiger partial charge in [-0.3, -0.25) is 0 Å². The van der Waals surface area contributed by atoms with Crippen LogP contribution in [0.5, 0.6) is 0 Å². The quantitative estimate of drug-likeness (QED) is 0.786. The van der Waals surface area contributed by atoms with Gasteiger partial charge in [0.25, 0.3) is 0 Å². The molecular weight excluding hydrogens is 248 g/mol. The summed E-state index contributed by atoms with van der Waals surface area (Å²) < 4.78 is 0. The van der Waals surface area contributed by atoms with Gasteiger partial charge in [-0.1, -0.05) is 33.6 Å². The van der Waals surface area contributed by atoms with E-state index in [9.17, 15) is 5.11 Å². The molecule has 2 fully saturated rings. The second-order valence-corrected chi connectivity index (χ2v) is 7.90. The molecule has 118 valence electrons. The summed E-state index contributed by atoms with van der Waals surface area (Å²) in [5.74, 6) is 1.58. The SMILES string of the molecule is CC(C)CNCC1(CN2CCC(O)C2)CCCC(C)C1. The highest BCUT2D eigenvalue weighted by molar-refractivity contribution is 4.91. The first-order valence-corrected chi connectivity index (χ1v) is 8.60. The molecule has 2 rings (SSSR count). The molecule has 0 bridgehead atoms. The lowest BCUT2D eigenvalue weighted by Crippen LogP contribution is -2.46. The molecule has 0 radical (unpaired) electrons. The minimum atomic E-state index is -0.0864. The number of hydrogen-bond donors (Lipinski definition) is 2. The third-order valence-electron chi connectivity index (χ3n) is 5.04. The molecule has 2 aliphatic rings. The van der Waals surface area contributed by atoms with Gasteiger partial charge >= 0.3 is 0 Å². The van der Waals surface area contributed by atoms with Gasteiger partial charge in [0.05, 0.1) is 6.10 Å². The Labute approximate surface area is 125 Å².